The molecule has 0 saturated carbocycles. The summed E-state index contributed by atoms with van der Waals surface area (Å²) in [6, 6.07) is 11.8. The zero-order valence-corrected chi connectivity index (χ0v) is 23.4. The van der Waals surface area contributed by atoms with Gasteiger partial charge in [-0.05, 0) is 18.2 Å². The normalized spacial score (nSPS) is 16.4. The van der Waals surface area contributed by atoms with Crippen molar-refractivity contribution in [3.8, 4) is 46.0 Å². The summed E-state index contributed by atoms with van der Waals surface area (Å²) in [5.41, 5.74) is 0.569. The monoisotopic (exact) mass is 577 g/mol. The number of ether oxygens (including phenoxy) is 8. The molecule has 218 valence electrons. The first kappa shape index (κ1) is 26.9. The SMILES string of the molecule is COc1cc(NC(=O)C2Oc3c(c(=O)oc4ccccc34)C2c2cc(OC)c3c(c2OC)OCO3)cc(OC)c1OC. The fourth-order valence-corrected chi connectivity index (χ4v) is 5.39. The Morgan fingerprint density at radius 1 is 0.810 bits per heavy atom. The van der Waals surface area contributed by atoms with Gasteiger partial charge in [0.2, 0.25) is 24.0 Å². The van der Waals surface area contributed by atoms with E-state index in [1.165, 1.54) is 35.5 Å². The minimum Gasteiger partial charge on any atom is -0.493 e. The lowest BCUT2D eigenvalue weighted by Crippen LogP contribution is -2.35. The number of amides is 1. The number of carbonyl (C=O) groups excluding carboxylic acids is 1. The Labute approximate surface area is 239 Å². The van der Waals surface area contributed by atoms with E-state index >= 15 is 0 Å². The maximum Gasteiger partial charge on any atom is 0.344 e. The van der Waals surface area contributed by atoms with E-state index in [0.29, 0.717) is 51.0 Å². The van der Waals surface area contributed by atoms with Gasteiger partial charge in [0, 0.05) is 23.4 Å². The largest absolute Gasteiger partial charge is 0.493 e. The molecule has 2 aliphatic heterocycles. The fourth-order valence-electron chi connectivity index (χ4n) is 5.39. The van der Waals surface area contributed by atoms with Gasteiger partial charge in [-0.3, -0.25) is 4.79 Å². The third-order valence-corrected chi connectivity index (χ3v) is 7.20. The summed E-state index contributed by atoms with van der Waals surface area (Å²) in [5, 5.41) is 3.40. The molecule has 3 aromatic carbocycles. The van der Waals surface area contributed by atoms with Gasteiger partial charge in [0.1, 0.15) is 11.3 Å². The topological polar surface area (TPSA) is 133 Å². The van der Waals surface area contributed by atoms with Crippen LogP contribution in [0.3, 0.4) is 0 Å². The molecule has 0 bridgehead atoms. The van der Waals surface area contributed by atoms with Crippen LogP contribution in [0.25, 0.3) is 11.0 Å². The molecule has 3 heterocycles. The minimum absolute atomic E-state index is 0.0545. The number of rotatable bonds is 8. The first-order valence-electron chi connectivity index (χ1n) is 12.8. The third-order valence-electron chi connectivity index (χ3n) is 7.20. The summed E-state index contributed by atoms with van der Waals surface area (Å²) in [6.45, 7) is -0.0545. The second kappa shape index (κ2) is 10.6. The Bertz CT molecular complexity index is 1740. The zero-order chi connectivity index (χ0) is 29.5. The van der Waals surface area contributed by atoms with Crippen molar-refractivity contribution in [1.82, 2.24) is 0 Å². The van der Waals surface area contributed by atoms with Crippen molar-refractivity contribution in [2.75, 3.05) is 47.7 Å². The average Bonchev–Trinajstić information content (AvgIpc) is 3.66. The van der Waals surface area contributed by atoms with Crippen molar-refractivity contribution in [1.29, 1.82) is 0 Å². The number of hydrogen-bond donors (Lipinski definition) is 1. The Morgan fingerprint density at radius 3 is 2.14 bits per heavy atom. The average molecular weight is 578 g/mol. The molecule has 6 rings (SSSR count). The molecule has 0 saturated heterocycles. The number of para-hydroxylation sites is 1. The van der Waals surface area contributed by atoms with Gasteiger partial charge >= 0.3 is 5.63 Å². The highest BCUT2D eigenvalue weighted by Gasteiger charge is 2.47. The molecule has 12 heteroatoms. The fraction of sp³-hybridized carbons (Fsp3) is 0.267. The Morgan fingerprint density at radius 2 is 1.48 bits per heavy atom. The van der Waals surface area contributed by atoms with E-state index in [4.69, 9.17) is 42.3 Å². The highest BCUT2D eigenvalue weighted by Crippen LogP contribution is 2.55. The van der Waals surface area contributed by atoms with Crippen LogP contribution in [0.1, 0.15) is 17.0 Å². The highest BCUT2D eigenvalue weighted by atomic mass is 16.7. The number of methoxy groups -OCH3 is 5. The summed E-state index contributed by atoms with van der Waals surface area (Å²) in [7, 11) is 7.36. The van der Waals surface area contributed by atoms with Crippen molar-refractivity contribution in [2.45, 2.75) is 12.0 Å². The van der Waals surface area contributed by atoms with E-state index in [1.807, 2.05) is 0 Å². The second-order valence-electron chi connectivity index (χ2n) is 9.31. The lowest BCUT2D eigenvalue weighted by atomic mass is 9.87. The molecule has 2 unspecified atom stereocenters. The number of hydrogen-bond acceptors (Lipinski definition) is 11. The molecule has 0 radical (unpaired) electrons. The van der Waals surface area contributed by atoms with E-state index in [2.05, 4.69) is 5.32 Å². The molecule has 42 heavy (non-hydrogen) atoms. The highest BCUT2D eigenvalue weighted by molar-refractivity contribution is 5.98. The van der Waals surface area contributed by atoms with Crippen molar-refractivity contribution < 1.29 is 47.1 Å². The zero-order valence-electron chi connectivity index (χ0n) is 23.4. The van der Waals surface area contributed by atoms with Crippen LogP contribution in [0.15, 0.2) is 51.7 Å². The Balaban J connectivity index is 1.52. The van der Waals surface area contributed by atoms with E-state index in [-0.39, 0.29) is 29.6 Å². The first-order chi connectivity index (χ1) is 20.4. The Hall–Kier alpha value is -5.26. The molecule has 1 aromatic heterocycles. The van der Waals surface area contributed by atoms with Crippen LogP contribution < -0.4 is 48.8 Å². The van der Waals surface area contributed by atoms with Crippen LogP contribution in [-0.2, 0) is 4.79 Å². The summed E-state index contributed by atoms with van der Waals surface area (Å²) in [4.78, 5) is 27.6. The van der Waals surface area contributed by atoms with Gasteiger partial charge in [-0.25, -0.2) is 4.79 Å². The molecular formula is C30H27NO11. The lowest BCUT2D eigenvalue weighted by Gasteiger charge is -2.22. The van der Waals surface area contributed by atoms with Crippen molar-refractivity contribution in [3.63, 3.8) is 0 Å². The number of carbonyl (C=O) groups is 1. The van der Waals surface area contributed by atoms with Crippen LogP contribution in [0, 0.1) is 0 Å². The molecule has 1 N–H and O–H groups in total. The molecule has 12 nitrogen and oxygen atoms in total. The summed E-state index contributed by atoms with van der Waals surface area (Å²) < 4.78 is 50.9. The van der Waals surface area contributed by atoms with Crippen molar-refractivity contribution >= 4 is 22.6 Å². The Kier molecular flexibility index (Phi) is 6.81. The molecule has 0 spiro atoms. The lowest BCUT2D eigenvalue weighted by molar-refractivity contribution is -0.122. The summed E-state index contributed by atoms with van der Waals surface area (Å²) in [6.07, 6.45) is -1.24. The third kappa shape index (κ3) is 4.14. The molecule has 0 fully saturated rings. The molecule has 1 amide bonds. The van der Waals surface area contributed by atoms with E-state index in [1.54, 1.807) is 42.5 Å². The van der Waals surface area contributed by atoms with Crippen molar-refractivity contribution in [2.24, 2.45) is 0 Å². The number of anilines is 1. The molecule has 4 aromatic rings. The second-order valence-corrected chi connectivity index (χ2v) is 9.31. The van der Waals surface area contributed by atoms with Gasteiger partial charge in [0.25, 0.3) is 5.91 Å². The van der Waals surface area contributed by atoms with Gasteiger partial charge in [0.15, 0.2) is 29.1 Å². The van der Waals surface area contributed by atoms with Gasteiger partial charge in [0.05, 0.1) is 52.4 Å². The van der Waals surface area contributed by atoms with Crippen LogP contribution in [0.5, 0.6) is 46.0 Å². The van der Waals surface area contributed by atoms with Gasteiger partial charge in [-0.2, -0.15) is 0 Å². The number of nitrogens with one attached hydrogen (secondary N) is 1. The van der Waals surface area contributed by atoms with E-state index in [9.17, 15) is 9.59 Å². The van der Waals surface area contributed by atoms with E-state index < -0.39 is 23.6 Å². The summed E-state index contributed by atoms with van der Waals surface area (Å²) >= 11 is 0. The van der Waals surface area contributed by atoms with Crippen molar-refractivity contribution in [3.05, 3.63) is 64.0 Å². The smallest absolute Gasteiger partial charge is 0.344 e. The molecule has 2 aliphatic rings. The van der Waals surface area contributed by atoms with Crippen LogP contribution in [-0.4, -0.2) is 54.4 Å². The maximum atomic E-state index is 14.0. The van der Waals surface area contributed by atoms with E-state index in [0.717, 1.165) is 0 Å². The van der Waals surface area contributed by atoms with Gasteiger partial charge in [-0.15, -0.1) is 0 Å². The first-order valence-corrected chi connectivity index (χ1v) is 12.8. The molecule has 2 atom stereocenters. The minimum atomic E-state index is -1.24. The summed E-state index contributed by atoms with van der Waals surface area (Å²) in [5.74, 6) is 0.964. The molecule has 0 aliphatic carbocycles. The van der Waals surface area contributed by atoms with Crippen LogP contribution in [0.2, 0.25) is 0 Å². The number of benzene rings is 3. The predicted molar refractivity (Wildman–Crippen MR) is 149 cm³/mol. The predicted octanol–water partition coefficient (Wildman–Crippen LogP) is 4.10. The molecular weight excluding hydrogens is 550 g/mol. The van der Waals surface area contributed by atoms with Gasteiger partial charge < -0.3 is 47.6 Å². The van der Waals surface area contributed by atoms with Crippen LogP contribution in [0.4, 0.5) is 5.69 Å². The number of fused-ring (bicyclic) bond motifs is 4. The standard InChI is InChI=1S/C30H27NO11/c1-34-18-10-14(11-19(35-2)25(18)38-5)31-29(32)27-21(16-12-20(36-3)26-28(24(16)37-4)40-13-39-26)22-23(42-27)15-8-6-7-9-17(15)41-30(22)33/h6-12,21,27H,13H2,1-5H3,(H,31,32). The van der Waals surface area contributed by atoms with Crippen LogP contribution >= 0.6 is 0 Å². The van der Waals surface area contributed by atoms with Gasteiger partial charge in [-0.1, -0.05) is 12.1 Å². The quantitative estimate of drug-likeness (QED) is 0.304. The maximum absolute atomic E-state index is 14.0.